The molecule has 1 aliphatic heterocycles. The standard InChI is InChI=1S/C12H22N4/c1-12(13-2)5-8-16(9-6-12)10-11-4-7-14-15(11)3/h4,7,13H,5-6,8-10H2,1-3H3. The summed E-state index contributed by atoms with van der Waals surface area (Å²) in [5.74, 6) is 0. The van der Waals surface area contributed by atoms with Crippen molar-refractivity contribution in [1.82, 2.24) is 20.0 Å². The fourth-order valence-corrected chi connectivity index (χ4v) is 2.24. The molecule has 0 aromatic carbocycles. The van der Waals surface area contributed by atoms with Gasteiger partial charge in [-0.15, -0.1) is 0 Å². The van der Waals surface area contributed by atoms with Crippen LogP contribution in [-0.2, 0) is 13.6 Å². The molecule has 0 atom stereocenters. The molecule has 4 heteroatoms. The highest BCUT2D eigenvalue weighted by Gasteiger charge is 2.28. The Labute approximate surface area is 97.6 Å². The molecule has 0 saturated carbocycles. The minimum atomic E-state index is 0.336. The molecule has 0 aliphatic carbocycles. The molecule has 1 aromatic heterocycles. The zero-order valence-electron chi connectivity index (χ0n) is 10.5. The number of nitrogens with one attached hydrogen (secondary N) is 1. The average molecular weight is 222 g/mol. The molecule has 1 fully saturated rings. The van der Waals surface area contributed by atoms with Gasteiger partial charge in [0.25, 0.3) is 0 Å². The number of hydrogen-bond acceptors (Lipinski definition) is 3. The second-order valence-electron chi connectivity index (χ2n) is 5.03. The van der Waals surface area contributed by atoms with E-state index in [9.17, 15) is 0 Å². The van der Waals surface area contributed by atoms with E-state index in [4.69, 9.17) is 0 Å². The number of aromatic nitrogens is 2. The summed E-state index contributed by atoms with van der Waals surface area (Å²) in [7, 11) is 4.08. The molecular formula is C12H22N4. The van der Waals surface area contributed by atoms with Crippen molar-refractivity contribution in [1.29, 1.82) is 0 Å². The molecule has 4 nitrogen and oxygen atoms in total. The van der Waals surface area contributed by atoms with Gasteiger partial charge < -0.3 is 5.32 Å². The second kappa shape index (κ2) is 4.55. The predicted molar refractivity (Wildman–Crippen MR) is 65.2 cm³/mol. The van der Waals surface area contributed by atoms with Crippen LogP contribution < -0.4 is 5.32 Å². The van der Waals surface area contributed by atoms with E-state index in [1.807, 2.05) is 17.9 Å². The lowest BCUT2D eigenvalue weighted by molar-refractivity contribution is 0.143. The molecule has 0 amide bonds. The molecule has 16 heavy (non-hydrogen) atoms. The maximum absolute atomic E-state index is 4.20. The molecule has 2 heterocycles. The Kier molecular flexibility index (Phi) is 3.30. The van der Waals surface area contributed by atoms with Gasteiger partial charge >= 0.3 is 0 Å². The fourth-order valence-electron chi connectivity index (χ4n) is 2.24. The summed E-state index contributed by atoms with van der Waals surface area (Å²) in [4.78, 5) is 2.51. The molecule has 0 unspecified atom stereocenters. The monoisotopic (exact) mass is 222 g/mol. The van der Waals surface area contributed by atoms with E-state index in [-0.39, 0.29) is 0 Å². The molecule has 1 saturated heterocycles. The molecule has 0 radical (unpaired) electrons. The molecule has 1 N–H and O–H groups in total. The number of aryl methyl sites for hydroxylation is 1. The number of likely N-dealkylation sites (tertiary alicyclic amines) is 1. The average Bonchev–Trinajstić information content (AvgIpc) is 2.68. The van der Waals surface area contributed by atoms with Gasteiger partial charge in [0.2, 0.25) is 0 Å². The van der Waals surface area contributed by atoms with Gasteiger partial charge in [0.05, 0.1) is 5.69 Å². The zero-order chi connectivity index (χ0) is 11.6. The van der Waals surface area contributed by atoms with Gasteiger partial charge in [-0.3, -0.25) is 9.58 Å². The molecule has 0 spiro atoms. The van der Waals surface area contributed by atoms with Crippen molar-refractivity contribution in [2.45, 2.75) is 31.8 Å². The quantitative estimate of drug-likeness (QED) is 0.828. The van der Waals surface area contributed by atoms with Crippen LogP contribution in [0.15, 0.2) is 12.3 Å². The number of hydrogen-bond donors (Lipinski definition) is 1. The Bertz CT molecular complexity index is 337. The maximum atomic E-state index is 4.20. The van der Waals surface area contributed by atoms with Crippen LogP contribution in [0.5, 0.6) is 0 Å². The smallest absolute Gasteiger partial charge is 0.0521 e. The van der Waals surface area contributed by atoms with Crippen LogP contribution in [0, 0.1) is 0 Å². The number of piperidine rings is 1. The summed E-state index contributed by atoms with van der Waals surface area (Å²) in [5, 5.41) is 7.63. The van der Waals surface area contributed by atoms with Crippen molar-refractivity contribution in [3.8, 4) is 0 Å². The third kappa shape index (κ3) is 2.44. The molecular weight excluding hydrogens is 200 g/mol. The van der Waals surface area contributed by atoms with Crippen molar-refractivity contribution in [3.63, 3.8) is 0 Å². The van der Waals surface area contributed by atoms with E-state index < -0.39 is 0 Å². The van der Waals surface area contributed by atoms with Gasteiger partial charge in [-0.2, -0.15) is 5.10 Å². The summed E-state index contributed by atoms with van der Waals surface area (Å²) < 4.78 is 1.96. The Balaban J connectivity index is 1.88. The van der Waals surface area contributed by atoms with Gasteiger partial charge in [-0.25, -0.2) is 0 Å². The minimum absolute atomic E-state index is 0.336. The highest BCUT2D eigenvalue weighted by molar-refractivity contribution is 5.00. The lowest BCUT2D eigenvalue weighted by Crippen LogP contribution is -2.49. The van der Waals surface area contributed by atoms with Crippen LogP contribution in [0.2, 0.25) is 0 Å². The van der Waals surface area contributed by atoms with Gasteiger partial charge in [-0.1, -0.05) is 0 Å². The first-order chi connectivity index (χ1) is 7.63. The molecule has 2 rings (SSSR count). The van der Waals surface area contributed by atoms with Crippen LogP contribution in [0.3, 0.4) is 0 Å². The van der Waals surface area contributed by atoms with Crippen molar-refractivity contribution < 1.29 is 0 Å². The lowest BCUT2D eigenvalue weighted by atomic mass is 9.90. The maximum Gasteiger partial charge on any atom is 0.0521 e. The fraction of sp³-hybridized carbons (Fsp3) is 0.750. The third-order valence-electron chi connectivity index (χ3n) is 3.87. The van der Waals surface area contributed by atoms with Gasteiger partial charge in [0, 0.05) is 38.4 Å². The van der Waals surface area contributed by atoms with Crippen LogP contribution in [0.25, 0.3) is 0 Å². The Morgan fingerprint density at radius 3 is 2.62 bits per heavy atom. The summed E-state index contributed by atoms with van der Waals surface area (Å²) in [5.41, 5.74) is 1.64. The highest BCUT2D eigenvalue weighted by Crippen LogP contribution is 2.22. The van der Waals surface area contributed by atoms with Crippen molar-refractivity contribution in [3.05, 3.63) is 18.0 Å². The van der Waals surface area contributed by atoms with Crippen LogP contribution >= 0.6 is 0 Å². The third-order valence-corrected chi connectivity index (χ3v) is 3.87. The summed E-state index contributed by atoms with van der Waals surface area (Å²) in [6.45, 7) is 5.68. The normalized spacial score (nSPS) is 21.2. The Morgan fingerprint density at radius 2 is 2.12 bits per heavy atom. The SMILES string of the molecule is CNC1(C)CCN(Cc2ccnn2C)CC1. The first-order valence-corrected chi connectivity index (χ1v) is 6.01. The van der Waals surface area contributed by atoms with Crippen molar-refractivity contribution >= 4 is 0 Å². The summed E-state index contributed by atoms with van der Waals surface area (Å²) >= 11 is 0. The van der Waals surface area contributed by atoms with E-state index in [0.29, 0.717) is 5.54 Å². The van der Waals surface area contributed by atoms with E-state index in [0.717, 1.165) is 6.54 Å². The van der Waals surface area contributed by atoms with Crippen LogP contribution in [0.1, 0.15) is 25.5 Å². The largest absolute Gasteiger partial charge is 0.314 e. The van der Waals surface area contributed by atoms with E-state index >= 15 is 0 Å². The summed E-state index contributed by atoms with van der Waals surface area (Å²) in [6, 6.07) is 2.10. The highest BCUT2D eigenvalue weighted by atomic mass is 15.3. The lowest BCUT2D eigenvalue weighted by Gasteiger charge is -2.39. The predicted octanol–water partition coefficient (Wildman–Crippen LogP) is 0.994. The Morgan fingerprint density at radius 1 is 1.44 bits per heavy atom. The molecule has 90 valence electrons. The first kappa shape index (κ1) is 11.6. The number of rotatable bonds is 3. The second-order valence-corrected chi connectivity index (χ2v) is 5.03. The van der Waals surface area contributed by atoms with Gasteiger partial charge in [0.1, 0.15) is 0 Å². The first-order valence-electron chi connectivity index (χ1n) is 6.01. The molecule has 1 aromatic rings. The Hall–Kier alpha value is -0.870. The minimum Gasteiger partial charge on any atom is -0.314 e. The van der Waals surface area contributed by atoms with E-state index in [1.54, 1.807) is 0 Å². The van der Waals surface area contributed by atoms with Gasteiger partial charge in [0.15, 0.2) is 0 Å². The van der Waals surface area contributed by atoms with E-state index in [2.05, 4.69) is 35.4 Å². The van der Waals surface area contributed by atoms with E-state index in [1.165, 1.54) is 31.6 Å². The summed E-state index contributed by atoms with van der Waals surface area (Å²) in [6.07, 6.45) is 4.32. The van der Waals surface area contributed by atoms with Crippen molar-refractivity contribution in [2.24, 2.45) is 7.05 Å². The molecule has 1 aliphatic rings. The molecule has 0 bridgehead atoms. The van der Waals surface area contributed by atoms with Crippen LogP contribution in [-0.4, -0.2) is 40.4 Å². The van der Waals surface area contributed by atoms with Crippen molar-refractivity contribution in [2.75, 3.05) is 20.1 Å². The zero-order valence-corrected chi connectivity index (χ0v) is 10.5. The van der Waals surface area contributed by atoms with Gasteiger partial charge in [-0.05, 0) is 32.9 Å². The van der Waals surface area contributed by atoms with Crippen LogP contribution in [0.4, 0.5) is 0 Å². The topological polar surface area (TPSA) is 33.1 Å². The number of nitrogens with zero attached hydrogens (tertiary/aromatic N) is 3.